The molecule has 5 N–H and O–H groups in total. The second-order valence-electron chi connectivity index (χ2n) is 4.93. The zero-order valence-electron chi connectivity index (χ0n) is 11.5. The Labute approximate surface area is 126 Å². The standard InChI is InChI=1S/C14H17NO7/c15-5-9(7-1-3-8(17)4-2-7)21-14-13(20)12(19)11(18)10(6-16)22-14/h1-4,9-14,16-20H,6H2/t9?,10-,11-,12+,13-,14-/m1/s1. The van der Waals surface area contributed by atoms with Crippen LogP contribution < -0.4 is 0 Å². The van der Waals surface area contributed by atoms with E-state index >= 15 is 0 Å². The van der Waals surface area contributed by atoms with Crippen molar-refractivity contribution in [2.24, 2.45) is 0 Å². The largest absolute Gasteiger partial charge is 0.508 e. The van der Waals surface area contributed by atoms with Crippen LogP contribution in [-0.4, -0.2) is 62.8 Å². The van der Waals surface area contributed by atoms with Crippen LogP contribution in [-0.2, 0) is 9.47 Å². The number of nitrogens with zero attached hydrogens (tertiary/aromatic N) is 1. The van der Waals surface area contributed by atoms with E-state index in [0.717, 1.165) is 0 Å². The van der Waals surface area contributed by atoms with Gasteiger partial charge in [0.2, 0.25) is 0 Å². The lowest BCUT2D eigenvalue weighted by molar-refractivity contribution is -0.307. The highest BCUT2D eigenvalue weighted by Gasteiger charge is 2.44. The molecule has 0 radical (unpaired) electrons. The molecule has 0 aromatic heterocycles. The Balaban J connectivity index is 2.13. The van der Waals surface area contributed by atoms with E-state index in [9.17, 15) is 25.7 Å². The zero-order chi connectivity index (χ0) is 16.3. The average Bonchev–Trinajstić information content (AvgIpc) is 2.53. The molecule has 1 saturated heterocycles. The van der Waals surface area contributed by atoms with Crippen LogP contribution in [0.25, 0.3) is 0 Å². The van der Waals surface area contributed by atoms with Crippen molar-refractivity contribution in [3.8, 4) is 11.8 Å². The van der Waals surface area contributed by atoms with Gasteiger partial charge in [-0.25, -0.2) is 0 Å². The van der Waals surface area contributed by atoms with Crippen molar-refractivity contribution in [3.63, 3.8) is 0 Å². The van der Waals surface area contributed by atoms with Gasteiger partial charge in [0.1, 0.15) is 30.2 Å². The third-order valence-electron chi connectivity index (χ3n) is 3.43. The van der Waals surface area contributed by atoms with Crippen molar-refractivity contribution >= 4 is 0 Å². The third kappa shape index (κ3) is 3.36. The molecule has 2 rings (SSSR count). The van der Waals surface area contributed by atoms with E-state index in [1.165, 1.54) is 24.3 Å². The lowest BCUT2D eigenvalue weighted by atomic mass is 9.99. The number of benzene rings is 1. The Morgan fingerprint density at radius 2 is 1.77 bits per heavy atom. The Kier molecular flexibility index (Phi) is 5.31. The fourth-order valence-corrected chi connectivity index (χ4v) is 2.15. The normalized spacial score (nSPS) is 33.1. The van der Waals surface area contributed by atoms with Crippen molar-refractivity contribution < 1.29 is 35.0 Å². The van der Waals surface area contributed by atoms with Gasteiger partial charge < -0.3 is 35.0 Å². The summed E-state index contributed by atoms with van der Waals surface area (Å²) >= 11 is 0. The zero-order valence-corrected chi connectivity index (χ0v) is 11.5. The van der Waals surface area contributed by atoms with Gasteiger partial charge in [-0.3, -0.25) is 0 Å². The molecule has 0 amide bonds. The van der Waals surface area contributed by atoms with Crippen LogP contribution in [0.4, 0.5) is 0 Å². The van der Waals surface area contributed by atoms with Gasteiger partial charge in [0.25, 0.3) is 0 Å². The number of rotatable bonds is 4. The maximum atomic E-state index is 9.87. The van der Waals surface area contributed by atoms with E-state index in [1.807, 2.05) is 6.07 Å². The molecule has 0 aliphatic carbocycles. The maximum Gasteiger partial charge on any atom is 0.188 e. The summed E-state index contributed by atoms with van der Waals surface area (Å²) in [5.74, 6) is 0.0216. The highest BCUT2D eigenvalue weighted by Crippen LogP contribution is 2.27. The summed E-state index contributed by atoms with van der Waals surface area (Å²) in [6, 6.07) is 7.54. The van der Waals surface area contributed by atoms with Crippen LogP contribution in [0.1, 0.15) is 11.7 Å². The number of hydrogen-bond donors (Lipinski definition) is 5. The topological polar surface area (TPSA) is 143 Å². The molecule has 1 aliphatic rings. The number of hydrogen-bond acceptors (Lipinski definition) is 8. The molecular weight excluding hydrogens is 294 g/mol. The van der Waals surface area contributed by atoms with Crippen LogP contribution >= 0.6 is 0 Å². The van der Waals surface area contributed by atoms with Crippen molar-refractivity contribution in [3.05, 3.63) is 29.8 Å². The minimum atomic E-state index is -1.58. The molecule has 1 aromatic carbocycles. The first-order valence-electron chi connectivity index (χ1n) is 6.62. The number of aliphatic hydroxyl groups excluding tert-OH is 4. The van der Waals surface area contributed by atoms with Crippen molar-refractivity contribution in [2.45, 2.75) is 36.8 Å². The molecule has 1 unspecified atom stereocenters. The SMILES string of the molecule is N#CC(O[C@@H]1O[C@H](CO)[C@@H](O)[C@H](O)[C@H]1O)c1ccc(O)cc1. The van der Waals surface area contributed by atoms with Gasteiger partial charge in [-0.1, -0.05) is 12.1 Å². The van der Waals surface area contributed by atoms with E-state index < -0.39 is 43.4 Å². The lowest BCUT2D eigenvalue weighted by Gasteiger charge is -2.40. The summed E-state index contributed by atoms with van der Waals surface area (Å²) in [6.07, 6.45) is -8.27. The maximum absolute atomic E-state index is 9.87. The van der Waals surface area contributed by atoms with Gasteiger partial charge in [0, 0.05) is 0 Å². The molecule has 0 spiro atoms. The number of aliphatic hydroxyl groups is 4. The molecule has 1 heterocycles. The van der Waals surface area contributed by atoms with Crippen LogP contribution in [0.3, 0.4) is 0 Å². The molecule has 8 nitrogen and oxygen atoms in total. The van der Waals surface area contributed by atoms with Gasteiger partial charge >= 0.3 is 0 Å². The molecule has 22 heavy (non-hydrogen) atoms. The van der Waals surface area contributed by atoms with Crippen LogP contribution in [0.5, 0.6) is 5.75 Å². The molecule has 120 valence electrons. The minimum Gasteiger partial charge on any atom is -0.508 e. The van der Waals surface area contributed by atoms with E-state index in [0.29, 0.717) is 5.56 Å². The first kappa shape index (κ1) is 16.6. The summed E-state index contributed by atoms with van der Waals surface area (Å²) in [7, 11) is 0. The molecule has 1 fully saturated rings. The van der Waals surface area contributed by atoms with Crippen molar-refractivity contribution in [1.82, 2.24) is 0 Å². The minimum absolute atomic E-state index is 0.0216. The van der Waals surface area contributed by atoms with Crippen molar-refractivity contribution in [1.29, 1.82) is 5.26 Å². The molecule has 8 heteroatoms. The number of phenols is 1. The first-order valence-corrected chi connectivity index (χ1v) is 6.62. The van der Waals surface area contributed by atoms with Gasteiger partial charge in [0.15, 0.2) is 12.4 Å². The molecule has 1 aliphatic heterocycles. The monoisotopic (exact) mass is 311 g/mol. The summed E-state index contributed by atoms with van der Waals surface area (Å²) in [5.41, 5.74) is 0.414. The van der Waals surface area contributed by atoms with Crippen LogP contribution in [0.2, 0.25) is 0 Å². The summed E-state index contributed by atoms with van der Waals surface area (Å²) in [6.45, 7) is -0.582. The lowest BCUT2D eigenvalue weighted by Crippen LogP contribution is -2.59. The molecule has 6 atom stereocenters. The van der Waals surface area contributed by atoms with Crippen LogP contribution in [0, 0.1) is 11.3 Å². The van der Waals surface area contributed by atoms with Crippen LogP contribution in [0.15, 0.2) is 24.3 Å². The fourth-order valence-electron chi connectivity index (χ4n) is 2.15. The Bertz CT molecular complexity index is 527. The second-order valence-corrected chi connectivity index (χ2v) is 4.93. The number of phenolic OH excluding ortho intramolecular Hbond substituents is 1. The highest BCUT2D eigenvalue weighted by atomic mass is 16.7. The van der Waals surface area contributed by atoms with Gasteiger partial charge in [0.05, 0.1) is 12.7 Å². The predicted octanol–water partition coefficient (Wildman–Crippen LogP) is -1.23. The Hall–Kier alpha value is -1.73. The van der Waals surface area contributed by atoms with Gasteiger partial charge in [-0.15, -0.1) is 0 Å². The fraction of sp³-hybridized carbons (Fsp3) is 0.500. The Morgan fingerprint density at radius 1 is 1.14 bits per heavy atom. The first-order chi connectivity index (χ1) is 10.5. The Morgan fingerprint density at radius 3 is 2.32 bits per heavy atom. The average molecular weight is 311 g/mol. The molecule has 0 bridgehead atoms. The van der Waals surface area contributed by atoms with Gasteiger partial charge in [-0.05, 0) is 17.7 Å². The van der Waals surface area contributed by atoms with E-state index in [-0.39, 0.29) is 5.75 Å². The number of nitriles is 1. The van der Waals surface area contributed by atoms with E-state index in [4.69, 9.17) is 14.6 Å². The number of ether oxygens (including phenoxy) is 2. The number of aromatic hydroxyl groups is 1. The highest BCUT2D eigenvalue weighted by molar-refractivity contribution is 5.29. The summed E-state index contributed by atoms with van der Waals surface area (Å²) < 4.78 is 10.5. The predicted molar refractivity (Wildman–Crippen MR) is 71.3 cm³/mol. The van der Waals surface area contributed by atoms with E-state index in [2.05, 4.69) is 0 Å². The second kappa shape index (κ2) is 7.02. The molecular formula is C14H17NO7. The quantitative estimate of drug-likeness (QED) is 0.465. The van der Waals surface area contributed by atoms with Gasteiger partial charge in [-0.2, -0.15) is 5.26 Å². The van der Waals surface area contributed by atoms with Crippen molar-refractivity contribution in [2.75, 3.05) is 6.61 Å². The third-order valence-corrected chi connectivity index (χ3v) is 3.43. The summed E-state index contributed by atoms with van der Waals surface area (Å²) in [5, 5.41) is 56.7. The summed E-state index contributed by atoms with van der Waals surface area (Å²) in [4.78, 5) is 0. The molecule has 0 saturated carbocycles. The smallest absolute Gasteiger partial charge is 0.188 e. The molecule has 1 aromatic rings. The van der Waals surface area contributed by atoms with E-state index in [1.54, 1.807) is 0 Å².